The maximum absolute atomic E-state index is 13.0. The summed E-state index contributed by atoms with van der Waals surface area (Å²) in [6.07, 6.45) is -4.53. The fourth-order valence-corrected chi connectivity index (χ4v) is 1.66. The van der Waals surface area contributed by atoms with Crippen LogP contribution in [0.1, 0.15) is 18.1 Å². The second kappa shape index (κ2) is 7.31. The van der Waals surface area contributed by atoms with Gasteiger partial charge in [-0.1, -0.05) is 6.07 Å². The molecule has 0 aliphatic carbocycles. The second-order valence-corrected chi connectivity index (χ2v) is 4.56. The molecule has 21 heavy (non-hydrogen) atoms. The van der Waals surface area contributed by atoms with Crippen molar-refractivity contribution < 1.29 is 22.7 Å². The number of hydrogen-bond acceptors (Lipinski definition) is 3. The molecule has 0 bridgehead atoms. The molecule has 0 radical (unpaired) electrons. The minimum atomic E-state index is -4.53. The quantitative estimate of drug-likeness (QED) is 0.876. The van der Waals surface area contributed by atoms with Gasteiger partial charge in [0.05, 0.1) is 5.56 Å². The number of carbonyl (C=O) groups is 1. The van der Waals surface area contributed by atoms with Crippen LogP contribution in [0.25, 0.3) is 0 Å². The predicted molar refractivity (Wildman–Crippen MR) is 73.0 cm³/mol. The highest BCUT2D eigenvalue weighted by atomic mass is 19.4. The molecule has 0 atom stereocenters. The van der Waals surface area contributed by atoms with E-state index in [9.17, 15) is 18.0 Å². The number of benzene rings is 1. The van der Waals surface area contributed by atoms with Crippen LogP contribution in [-0.2, 0) is 17.5 Å². The van der Waals surface area contributed by atoms with Gasteiger partial charge < -0.3 is 15.0 Å². The van der Waals surface area contributed by atoms with E-state index < -0.39 is 18.3 Å². The molecule has 1 rings (SSSR count). The van der Waals surface area contributed by atoms with Gasteiger partial charge in [0, 0.05) is 20.1 Å². The highest BCUT2D eigenvalue weighted by Gasteiger charge is 2.34. The van der Waals surface area contributed by atoms with Crippen molar-refractivity contribution in [3.63, 3.8) is 0 Å². The average Bonchev–Trinajstić information content (AvgIpc) is 2.43. The van der Waals surface area contributed by atoms with Gasteiger partial charge in [0.2, 0.25) is 0 Å². The third-order valence-electron chi connectivity index (χ3n) is 2.98. The van der Waals surface area contributed by atoms with Crippen LogP contribution in [0.3, 0.4) is 0 Å². The van der Waals surface area contributed by atoms with Crippen LogP contribution in [0.15, 0.2) is 18.2 Å². The van der Waals surface area contributed by atoms with Gasteiger partial charge in [0.25, 0.3) is 5.91 Å². The van der Waals surface area contributed by atoms with Crippen LogP contribution in [0.4, 0.5) is 13.2 Å². The Hall–Kier alpha value is -1.76. The zero-order valence-electron chi connectivity index (χ0n) is 12.3. The standard InChI is InChI=1S/C14H19F3N2O2/c1-4-19(3)13(20)9-21-12-6-5-10(8-18-2)7-11(12)14(15,16)17/h5-7,18H,4,8-9H2,1-3H3. The maximum Gasteiger partial charge on any atom is 0.419 e. The van der Waals surface area contributed by atoms with Crippen molar-refractivity contribution in [3.8, 4) is 5.75 Å². The third-order valence-corrected chi connectivity index (χ3v) is 2.98. The molecule has 118 valence electrons. The lowest BCUT2D eigenvalue weighted by Crippen LogP contribution is -2.31. The minimum absolute atomic E-state index is 0.320. The van der Waals surface area contributed by atoms with Gasteiger partial charge >= 0.3 is 6.18 Å². The zero-order valence-corrected chi connectivity index (χ0v) is 12.3. The monoisotopic (exact) mass is 304 g/mol. The van der Waals surface area contributed by atoms with E-state index in [-0.39, 0.29) is 11.7 Å². The molecule has 0 saturated carbocycles. The van der Waals surface area contributed by atoms with Crippen LogP contribution in [-0.4, -0.2) is 38.1 Å². The molecule has 1 amide bonds. The number of amides is 1. The SMILES string of the molecule is CCN(C)C(=O)COc1ccc(CNC)cc1C(F)(F)F. The van der Waals surface area contributed by atoms with Gasteiger partial charge in [0.1, 0.15) is 5.75 Å². The molecule has 7 heteroatoms. The molecule has 0 aliphatic heterocycles. The molecule has 1 aromatic carbocycles. The van der Waals surface area contributed by atoms with Crippen molar-refractivity contribution in [2.75, 3.05) is 27.2 Å². The molecular formula is C14H19F3N2O2. The molecule has 0 heterocycles. The van der Waals surface area contributed by atoms with Crippen molar-refractivity contribution in [1.82, 2.24) is 10.2 Å². The van der Waals surface area contributed by atoms with Crippen LogP contribution in [0.2, 0.25) is 0 Å². The topological polar surface area (TPSA) is 41.6 Å². The fourth-order valence-electron chi connectivity index (χ4n) is 1.66. The lowest BCUT2D eigenvalue weighted by atomic mass is 10.1. The third kappa shape index (κ3) is 4.93. The number of likely N-dealkylation sites (N-methyl/N-ethyl adjacent to an activating group) is 1. The van der Waals surface area contributed by atoms with Crippen LogP contribution in [0.5, 0.6) is 5.75 Å². The van der Waals surface area contributed by atoms with Gasteiger partial charge in [-0.25, -0.2) is 0 Å². The van der Waals surface area contributed by atoms with Crippen LogP contribution in [0, 0.1) is 0 Å². The van der Waals surface area contributed by atoms with E-state index >= 15 is 0 Å². The normalized spacial score (nSPS) is 11.3. The summed E-state index contributed by atoms with van der Waals surface area (Å²) >= 11 is 0. The number of nitrogens with zero attached hydrogens (tertiary/aromatic N) is 1. The van der Waals surface area contributed by atoms with E-state index in [1.807, 2.05) is 0 Å². The van der Waals surface area contributed by atoms with Gasteiger partial charge in [-0.15, -0.1) is 0 Å². The van der Waals surface area contributed by atoms with E-state index in [4.69, 9.17) is 4.74 Å². The highest BCUT2D eigenvalue weighted by Crippen LogP contribution is 2.36. The highest BCUT2D eigenvalue weighted by molar-refractivity contribution is 5.77. The first-order chi connectivity index (χ1) is 9.79. The Bertz CT molecular complexity index is 490. The Morgan fingerprint density at radius 2 is 2.05 bits per heavy atom. The van der Waals surface area contributed by atoms with E-state index in [1.165, 1.54) is 17.0 Å². The summed E-state index contributed by atoms with van der Waals surface area (Å²) in [5.74, 6) is -0.704. The Labute approximate surface area is 121 Å². The molecule has 4 nitrogen and oxygen atoms in total. The number of alkyl halides is 3. The number of nitrogens with one attached hydrogen (secondary N) is 1. The number of rotatable bonds is 6. The molecule has 0 spiro atoms. The van der Waals surface area contributed by atoms with Crippen LogP contribution < -0.4 is 10.1 Å². The van der Waals surface area contributed by atoms with E-state index in [0.717, 1.165) is 6.07 Å². The summed E-state index contributed by atoms with van der Waals surface area (Å²) in [5, 5.41) is 2.79. The van der Waals surface area contributed by atoms with Crippen molar-refractivity contribution in [1.29, 1.82) is 0 Å². The molecular weight excluding hydrogens is 285 g/mol. The fraction of sp³-hybridized carbons (Fsp3) is 0.500. The van der Waals surface area contributed by atoms with Gasteiger partial charge in [-0.3, -0.25) is 4.79 Å². The number of ether oxygens (including phenoxy) is 1. The van der Waals surface area contributed by atoms with Crippen molar-refractivity contribution >= 4 is 5.91 Å². The second-order valence-electron chi connectivity index (χ2n) is 4.56. The van der Waals surface area contributed by atoms with E-state index in [2.05, 4.69) is 5.32 Å². The Morgan fingerprint density at radius 1 is 1.38 bits per heavy atom. The van der Waals surface area contributed by atoms with Gasteiger partial charge in [0.15, 0.2) is 6.61 Å². The van der Waals surface area contributed by atoms with Crippen LogP contribution >= 0.6 is 0 Å². The Kier molecular flexibility index (Phi) is 6.02. The molecule has 1 aromatic rings. The molecule has 0 unspecified atom stereocenters. The first-order valence-electron chi connectivity index (χ1n) is 6.51. The summed E-state index contributed by atoms with van der Waals surface area (Å²) in [6, 6.07) is 3.81. The predicted octanol–water partition coefficient (Wildman–Crippen LogP) is 2.28. The summed E-state index contributed by atoms with van der Waals surface area (Å²) in [6.45, 7) is 2.14. The number of halogens is 3. The summed E-state index contributed by atoms with van der Waals surface area (Å²) in [7, 11) is 3.21. The van der Waals surface area contributed by atoms with Gasteiger partial charge in [-0.05, 0) is 31.7 Å². The average molecular weight is 304 g/mol. The first-order valence-corrected chi connectivity index (χ1v) is 6.51. The van der Waals surface area contributed by atoms with E-state index in [0.29, 0.717) is 18.7 Å². The number of hydrogen-bond donors (Lipinski definition) is 1. The summed E-state index contributed by atoms with van der Waals surface area (Å²) in [4.78, 5) is 13.0. The minimum Gasteiger partial charge on any atom is -0.483 e. The molecule has 0 aromatic heterocycles. The van der Waals surface area contributed by atoms with Crippen molar-refractivity contribution in [2.45, 2.75) is 19.6 Å². The molecule has 0 aliphatic rings. The first kappa shape index (κ1) is 17.3. The zero-order chi connectivity index (χ0) is 16.0. The molecule has 0 saturated heterocycles. The smallest absolute Gasteiger partial charge is 0.419 e. The molecule has 1 N–H and O–H groups in total. The largest absolute Gasteiger partial charge is 0.483 e. The van der Waals surface area contributed by atoms with E-state index in [1.54, 1.807) is 21.0 Å². The van der Waals surface area contributed by atoms with Crippen molar-refractivity contribution in [3.05, 3.63) is 29.3 Å². The summed E-state index contributed by atoms with van der Waals surface area (Å²) < 4.78 is 44.1. The Morgan fingerprint density at radius 3 is 2.57 bits per heavy atom. The molecule has 0 fully saturated rings. The maximum atomic E-state index is 13.0. The van der Waals surface area contributed by atoms with Crippen molar-refractivity contribution in [2.24, 2.45) is 0 Å². The Balaban J connectivity index is 2.93. The lowest BCUT2D eigenvalue weighted by molar-refractivity contribution is -0.140. The number of carbonyl (C=O) groups excluding carboxylic acids is 1. The lowest BCUT2D eigenvalue weighted by Gasteiger charge is -2.18. The van der Waals surface area contributed by atoms with Gasteiger partial charge in [-0.2, -0.15) is 13.2 Å². The summed E-state index contributed by atoms with van der Waals surface area (Å²) in [5.41, 5.74) is -0.378.